The van der Waals surface area contributed by atoms with Crippen molar-refractivity contribution in [1.82, 2.24) is 0 Å². The summed E-state index contributed by atoms with van der Waals surface area (Å²) < 4.78 is 4.40. The molecule has 0 saturated carbocycles. The van der Waals surface area contributed by atoms with Gasteiger partial charge in [0, 0.05) is 6.92 Å². The Morgan fingerprint density at radius 2 is 2.00 bits per heavy atom. The molecule has 0 atom stereocenters. The van der Waals surface area contributed by atoms with Crippen LogP contribution in [0, 0.1) is 0 Å². The van der Waals surface area contributed by atoms with Gasteiger partial charge in [0.1, 0.15) is 0 Å². The van der Waals surface area contributed by atoms with Crippen molar-refractivity contribution in [3.05, 3.63) is 12.7 Å². The van der Waals surface area contributed by atoms with Gasteiger partial charge in [0.15, 0.2) is 0 Å². The van der Waals surface area contributed by atoms with E-state index in [-0.39, 0.29) is 5.97 Å². The summed E-state index contributed by atoms with van der Waals surface area (Å²) in [5, 5.41) is 0. The highest BCUT2D eigenvalue weighted by Crippen LogP contribution is 1.97. The van der Waals surface area contributed by atoms with E-state index in [2.05, 4.69) is 18.2 Å². The predicted molar refractivity (Wildman–Crippen MR) is 56.6 cm³/mol. The van der Waals surface area contributed by atoms with Crippen LogP contribution in [0.2, 0.25) is 0 Å². The summed E-state index contributed by atoms with van der Waals surface area (Å²) in [6, 6.07) is 0. The molecule has 0 unspecified atom stereocenters. The van der Waals surface area contributed by atoms with Crippen molar-refractivity contribution in [2.45, 2.75) is 46.5 Å². The minimum absolute atomic E-state index is 0.211. The molecule has 0 aliphatic carbocycles. The van der Waals surface area contributed by atoms with E-state index >= 15 is 0 Å². The first-order valence-corrected chi connectivity index (χ1v) is 4.93. The minimum Gasteiger partial charge on any atom is -0.466 e. The molecule has 2 heteroatoms. The summed E-state index contributed by atoms with van der Waals surface area (Å²) in [6.45, 7) is 9.50. The molecule has 0 heterocycles. The van der Waals surface area contributed by atoms with Crippen LogP contribution in [0.1, 0.15) is 46.5 Å². The molecule has 13 heavy (non-hydrogen) atoms. The fourth-order valence-electron chi connectivity index (χ4n) is 0.742. The lowest BCUT2D eigenvalue weighted by molar-refractivity contribution is -0.140. The second-order valence-corrected chi connectivity index (χ2v) is 2.71. The first-order valence-electron chi connectivity index (χ1n) is 4.93. The SMILES string of the molecule is C=CCCCCC.CCOC(C)=O. The number of rotatable bonds is 5. The maximum Gasteiger partial charge on any atom is 0.302 e. The molecule has 0 amide bonds. The number of carbonyl (C=O) groups is 1. The minimum atomic E-state index is -0.211. The number of carbonyl (C=O) groups excluding carboxylic acids is 1. The summed E-state index contributed by atoms with van der Waals surface area (Å²) in [5.74, 6) is -0.211. The number of hydrogen-bond donors (Lipinski definition) is 0. The van der Waals surface area contributed by atoms with Crippen molar-refractivity contribution in [3.63, 3.8) is 0 Å². The van der Waals surface area contributed by atoms with E-state index < -0.39 is 0 Å². The van der Waals surface area contributed by atoms with Gasteiger partial charge in [0.05, 0.1) is 6.61 Å². The first-order chi connectivity index (χ1) is 6.18. The van der Waals surface area contributed by atoms with Crippen LogP contribution in [-0.4, -0.2) is 12.6 Å². The van der Waals surface area contributed by atoms with Gasteiger partial charge in [-0.15, -0.1) is 6.58 Å². The second kappa shape index (κ2) is 13.8. The van der Waals surface area contributed by atoms with Crippen LogP contribution in [0.15, 0.2) is 12.7 Å². The second-order valence-electron chi connectivity index (χ2n) is 2.71. The highest BCUT2D eigenvalue weighted by molar-refractivity contribution is 5.65. The molecular weight excluding hydrogens is 164 g/mol. The lowest BCUT2D eigenvalue weighted by atomic mass is 10.2. The van der Waals surface area contributed by atoms with Crippen molar-refractivity contribution >= 4 is 5.97 Å². The Morgan fingerprint density at radius 1 is 1.38 bits per heavy atom. The number of esters is 1. The van der Waals surface area contributed by atoms with Crippen molar-refractivity contribution in [1.29, 1.82) is 0 Å². The summed E-state index contributed by atoms with van der Waals surface area (Å²) in [7, 11) is 0. The van der Waals surface area contributed by atoms with Crippen molar-refractivity contribution < 1.29 is 9.53 Å². The van der Waals surface area contributed by atoms with E-state index in [4.69, 9.17) is 0 Å². The van der Waals surface area contributed by atoms with E-state index in [0.29, 0.717) is 6.61 Å². The Morgan fingerprint density at radius 3 is 2.23 bits per heavy atom. The smallest absolute Gasteiger partial charge is 0.302 e. The number of allylic oxidation sites excluding steroid dienone is 1. The Hall–Kier alpha value is -0.790. The molecular formula is C11H22O2. The Balaban J connectivity index is 0. The fraction of sp³-hybridized carbons (Fsp3) is 0.727. The highest BCUT2D eigenvalue weighted by atomic mass is 16.5. The third-order valence-electron chi connectivity index (χ3n) is 1.36. The first kappa shape index (κ1) is 14.7. The van der Waals surface area contributed by atoms with Crippen LogP contribution in [0.4, 0.5) is 0 Å². The van der Waals surface area contributed by atoms with Crippen molar-refractivity contribution in [2.75, 3.05) is 6.61 Å². The predicted octanol–water partition coefficient (Wildman–Crippen LogP) is 3.32. The zero-order chi connectivity index (χ0) is 10.5. The molecule has 0 aliphatic heterocycles. The van der Waals surface area contributed by atoms with E-state index in [1.807, 2.05) is 6.08 Å². The average Bonchev–Trinajstić information content (AvgIpc) is 2.06. The molecule has 0 aromatic rings. The van der Waals surface area contributed by atoms with Gasteiger partial charge in [-0.1, -0.05) is 25.8 Å². The quantitative estimate of drug-likeness (QED) is 0.374. The molecule has 0 aromatic carbocycles. The Kier molecular flexibility index (Phi) is 15.6. The highest BCUT2D eigenvalue weighted by Gasteiger charge is 1.81. The number of hydrogen-bond acceptors (Lipinski definition) is 2. The molecule has 78 valence electrons. The molecule has 0 rings (SSSR count). The Bertz CT molecular complexity index is 119. The summed E-state index contributed by atoms with van der Waals surface area (Å²) in [4.78, 5) is 9.82. The van der Waals surface area contributed by atoms with E-state index in [1.165, 1.54) is 32.6 Å². The van der Waals surface area contributed by atoms with Crippen LogP contribution in [0.25, 0.3) is 0 Å². The normalized spacial score (nSPS) is 8.23. The molecule has 0 radical (unpaired) electrons. The van der Waals surface area contributed by atoms with Crippen LogP contribution in [0.3, 0.4) is 0 Å². The summed E-state index contributed by atoms with van der Waals surface area (Å²) >= 11 is 0. The lowest BCUT2D eigenvalue weighted by Gasteiger charge is -1.89. The molecule has 0 bridgehead atoms. The van der Waals surface area contributed by atoms with Crippen molar-refractivity contribution in [3.8, 4) is 0 Å². The third kappa shape index (κ3) is 24.7. The van der Waals surface area contributed by atoms with E-state index in [0.717, 1.165) is 0 Å². The van der Waals surface area contributed by atoms with Crippen molar-refractivity contribution in [2.24, 2.45) is 0 Å². The molecule has 0 saturated heterocycles. The largest absolute Gasteiger partial charge is 0.466 e. The van der Waals surface area contributed by atoms with Gasteiger partial charge >= 0.3 is 5.97 Å². The summed E-state index contributed by atoms with van der Waals surface area (Å²) in [5.41, 5.74) is 0. The zero-order valence-electron chi connectivity index (χ0n) is 9.14. The average molecular weight is 186 g/mol. The van der Waals surface area contributed by atoms with Gasteiger partial charge in [-0.3, -0.25) is 4.79 Å². The van der Waals surface area contributed by atoms with Crippen LogP contribution in [-0.2, 0) is 9.53 Å². The van der Waals surface area contributed by atoms with Gasteiger partial charge < -0.3 is 4.74 Å². The van der Waals surface area contributed by atoms with Crippen LogP contribution < -0.4 is 0 Å². The van der Waals surface area contributed by atoms with Crippen LogP contribution in [0.5, 0.6) is 0 Å². The molecule has 0 aliphatic rings. The molecule has 0 spiro atoms. The molecule has 0 N–H and O–H groups in total. The van der Waals surface area contributed by atoms with E-state index in [9.17, 15) is 4.79 Å². The standard InChI is InChI=1S/C7H14.C4H8O2/c1-3-5-7-6-4-2;1-3-6-4(2)5/h3H,1,4-7H2,2H3;3H2,1-2H3. The van der Waals surface area contributed by atoms with Gasteiger partial charge in [0.25, 0.3) is 0 Å². The zero-order valence-corrected chi connectivity index (χ0v) is 9.14. The van der Waals surface area contributed by atoms with Crippen LogP contribution >= 0.6 is 0 Å². The van der Waals surface area contributed by atoms with E-state index in [1.54, 1.807) is 6.92 Å². The molecule has 0 fully saturated rings. The van der Waals surface area contributed by atoms with Gasteiger partial charge in [0.2, 0.25) is 0 Å². The Labute approximate surface area is 82.0 Å². The molecule has 2 nitrogen and oxygen atoms in total. The topological polar surface area (TPSA) is 26.3 Å². The molecule has 0 aromatic heterocycles. The van der Waals surface area contributed by atoms with Gasteiger partial charge in [-0.25, -0.2) is 0 Å². The maximum atomic E-state index is 9.82. The monoisotopic (exact) mass is 186 g/mol. The number of ether oxygens (including phenoxy) is 1. The lowest BCUT2D eigenvalue weighted by Crippen LogP contribution is -1.95. The van der Waals surface area contributed by atoms with Gasteiger partial charge in [-0.2, -0.15) is 0 Å². The maximum absolute atomic E-state index is 9.82. The number of unbranched alkanes of at least 4 members (excludes halogenated alkanes) is 3. The third-order valence-corrected chi connectivity index (χ3v) is 1.36. The fourth-order valence-corrected chi connectivity index (χ4v) is 0.742. The van der Waals surface area contributed by atoms with Gasteiger partial charge in [-0.05, 0) is 19.8 Å². The summed E-state index contributed by atoms with van der Waals surface area (Å²) in [6.07, 6.45) is 7.16.